The summed E-state index contributed by atoms with van der Waals surface area (Å²) in [7, 11) is 1.59. The third-order valence-electron chi connectivity index (χ3n) is 3.54. The van der Waals surface area contributed by atoms with E-state index in [1.807, 2.05) is 45.0 Å². The third-order valence-corrected chi connectivity index (χ3v) is 3.54. The number of aliphatic carboxylic acids is 1. The number of methoxy groups -OCH3 is 1. The molecule has 0 unspecified atom stereocenters. The molecule has 1 N–H and O–H groups in total. The quantitative estimate of drug-likeness (QED) is 0.889. The maximum Gasteiger partial charge on any atom is 0.303 e. The van der Waals surface area contributed by atoms with E-state index in [1.165, 1.54) is 0 Å². The number of hydrogen-bond acceptors (Lipinski definition) is 3. The van der Waals surface area contributed by atoms with Crippen LogP contribution in [0.2, 0.25) is 0 Å². The lowest BCUT2D eigenvalue weighted by Crippen LogP contribution is -2.02. The van der Waals surface area contributed by atoms with E-state index in [-0.39, 0.29) is 12.3 Å². The molecule has 0 atom stereocenters. The first kappa shape index (κ1) is 16.1. The molecule has 5 nitrogen and oxygen atoms in total. The second-order valence-corrected chi connectivity index (χ2v) is 5.67. The van der Waals surface area contributed by atoms with Crippen LogP contribution in [0.5, 0.6) is 5.88 Å². The molecule has 2 aromatic rings. The summed E-state index contributed by atoms with van der Waals surface area (Å²) >= 11 is 0. The molecule has 0 aliphatic carbocycles. The highest BCUT2D eigenvalue weighted by molar-refractivity contribution is 5.67. The molecule has 0 saturated heterocycles. The molecule has 0 fully saturated rings. The van der Waals surface area contributed by atoms with Gasteiger partial charge in [0.1, 0.15) is 0 Å². The lowest BCUT2D eigenvalue weighted by atomic mass is 10.0. The van der Waals surface area contributed by atoms with Crippen molar-refractivity contribution in [2.45, 2.75) is 39.5 Å². The second-order valence-electron chi connectivity index (χ2n) is 5.67. The van der Waals surface area contributed by atoms with Crippen LogP contribution < -0.4 is 4.74 Å². The number of hydrogen-bond donors (Lipinski definition) is 1. The van der Waals surface area contributed by atoms with Gasteiger partial charge >= 0.3 is 5.97 Å². The molecule has 0 aliphatic rings. The Morgan fingerprint density at radius 3 is 2.68 bits per heavy atom. The number of carbonyl (C=O) groups is 1. The molecule has 0 aliphatic heterocycles. The van der Waals surface area contributed by atoms with Crippen molar-refractivity contribution < 1.29 is 14.6 Å². The zero-order chi connectivity index (χ0) is 16.3. The fraction of sp³-hybridized carbons (Fsp3) is 0.412. The topological polar surface area (TPSA) is 64.3 Å². The van der Waals surface area contributed by atoms with E-state index < -0.39 is 5.97 Å². The monoisotopic (exact) mass is 302 g/mol. The van der Waals surface area contributed by atoms with Crippen LogP contribution in [0.3, 0.4) is 0 Å². The summed E-state index contributed by atoms with van der Waals surface area (Å²) in [5, 5.41) is 13.6. The average molecular weight is 302 g/mol. The van der Waals surface area contributed by atoms with Gasteiger partial charge in [0.15, 0.2) is 0 Å². The van der Waals surface area contributed by atoms with Crippen LogP contribution in [0, 0.1) is 6.92 Å². The number of ether oxygens (including phenoxy) is 1. The molecule has 1 aromatic carbocycles. The Morgan fingerprint density at radius 2 is 2.14 bits per heavy atom. The Kier molecular flexibility index (Phi) is 4.85. The Morgan fingerprint density at radius 1 is 1.41 bits per heavy atom. The molecule has 1 heterocycles. The second kappa shape index (κ2) is 6.64. The zero-order valence-electron chi connectivity index (χ0n) is 13.5. The van der Waals surface area contributed by atoms with Gasteiger partial charge in [-0.2, -0.15) is 5.10 Å². The number of nitrogens with zero attached hydrogens (tertiary/aromatic N) is 2. The van der Waals surface area contributed by atoms with Crippen LogP contribution in [0.4, 0.5) is 0 Å². The minimum Gasteiger partial charge on any atom is -0.481 e. The van der Waals surface area contributed by atoms with Crippen molar-refractivity contribution in [1.82, 2.24) is 9.78 Å². The molecular formula is C17H22N2O3. The van der Waals surface area contributed by atoms with Gasteiger partial charge in [-0.15, -0.1) is 0 Å². The van der Waals surface area contributed by atoms with Crippen molar-refractivity contribution in [3.63, 3.8) is 0 Å². The van der Waals surface area contributed by atoms with Crippen molar-refractivity contribution in [3.05, 3.63) is 41.1 Å². The number of carboxylic acids is 1. The van der Waals surface area contributed by atoms with Gasteiger partial charge < -0.3 is 9.84 Å². The van der Waals surface area contributed by atoms with Gasteiger partial charge in [-0.3, -0.25) is 4.79 Å². The van der Waals surface area contributed by atoms with E-state index in [0.29, 0.717) is 12.3 Å². The Hall–Kier alpha value is -2.30. The number of carboxylic acid groups (broad SMARTS) is 1. The molecule has 2 rings (SSSR count). The Balaban J connectivity index is 2.55. The first-order valence-electron chi connectivity index (χ1n) is 7.38. The SMILES string of the molecule is COc1c(CCC(=O)O)c(C(C)C)nn1-c1cccc(C)c1. The molecule has 0 spiro atoms. The van der Waals surface area contributed by atoms with Crippen LogP contribution in [0.1, 0.15) is 43.0 Å². The van der Waals surface area contributed by atoms with Gasteiger partial charge in [-0.05, 0) is 37.0 Å². The van der Waals surface area contributed by atoms with Gasteiger partial charge in [-0.1, -0.05) is 26.0 Å². The molecule has 0 amide bonds. The van der Waals surface area contributed by atoms with E-state index in [9.17, 15) is 4.79 Å². The summed E-state index contributed by atoms with van der Waals surface area (Å²) in [4.78, 5) is 10.9. The van der Waals surface area contributed by atoms with Crippen LogP contribution in [-0.2, 0) is 11.2 Å². The summed E-state index contributed by atoms with van der Waals surface area (Å²) in [5.74, 6) is -0.000584. The summed E-state index contributed by atoms with van der Waals surface area (Å²) in [6.07, 6.45) is 0.480. The maximum absolute atomic E-state index is 10.9. The fourth-order valence-electron chi connectivity index (χ4n) is 2.53. The van der Waals surface area contributed by atoms with Crippen molar-refractivity contribution in [2.24, 2.45) is 0 Å². The minimum atomic E-state index is -0.819. The smallest absolute Gasteiger partial charge is 0.303 e. The van der Waals surface area contributed by atoms with Crippen molar-refractivity contribution >= 4 is 5.97 Å². The summed E-state index contributed by atoms with van der Waals surface area (Å²) in [5.41, 5.74) is 3.81. The first-order chi connectivity index (χ1) is 10.4. The molecule has 5 heteroatoms. The van der Waals surface area contributed by atoms with Crippen LogP contribution in [-0.4, -0.2) is 28.0 Å². The minimum absolute atomic E-state index is 0.0651. The van der Waals surface area contributed by atoms with Crippen molar-refractivity contribution in [3.8, 4) is 11.6 Å². The van der Waals surface area contributed by atoms with Crippen LogP contribution >= 0.6 is 0 Å². The molecule has 1 aromatic heterocycles. The molecular weight excluding hydrogens is 280 g/mol. The lowest BCUT2D eigenvalue weighted by molar-refractivity contribution is -0.136. The molecule has 0 bridgehead atoms. The highest BCUT2D eigenvalue weighted by Crippen LogP contribution is 2.31. The number of benzene rings is 1. The van der Waals surface area contributed by atoms with Crippen molar-refractivity contribution in [1.29, 1.82) is 0 Å². The average Bonchev–Trinajstić information content (AvgIpc) is 2.83. The highest BCUT2D eigenvalue weighted by Gasteiger charge is 2.22. The van der Waals surface area contributed by atoms with Crippen LogP contribution in [0.25, 0.3) is 5.69 Å². The predicted octanol–water partition coefficient (Wildman–Crippen LogP) is 3.33. The van der Waals surface area contributed by atoms with E-state index >= 15 is 0 Å². The molecule has 118 valence electrons. The van der Waals surface area contributed by atoms with E-state index in [1.54, 1.807) is 11.8 Å². The van der Waals surface area contributed by atoms with Gasteiger partial charge in [0.25, 0.3) is 0 Å². The number of aryl methyl sites for hydroxylation is 1. The fourth-order valence-corrected chi connectivity index (χ4v) is 2.53. The van der Waals surface area contributed by atoms with Gasteiger partial charge in [0, 0.05) is 12.0 Å². The first-order valence-corrected chi connectivity index (χ1v) is 7.38. The summed E-state index contributed by atoms with van der Waals surface area (Å²) in [6, 6.07) is 7.99. The summed E-state index contributed by atoms with van der Waals surface area (Å²) < 4.78 is 7.30. The van der Waals surface area contributed by atoms with E-state index in [4.69, 9.17) is 9.84 Å². The molecule has 0 saturated carbocycles. The summed E-state index contributed by atoms with van der Waals surface area (Å²) in [6.45, 7) is 6.12. The predicted molar refractivity (Wildman–Crippen MR) is 84.9 cm³/mol. The third kappa shape index (κ3) is 3.30. The molecule has 0 radical (unpaired) electrons. The highest BCUT2D eigenvalue weighted by atomic mass is 16.5. The number of aromatic nitrogens is 2. The maximum atomic E-state index is 10.9. The van der Waals surface area contributed by atoms with Gasteiger partial charge in [0.05, 0.1) is 18.5 Å². The Labute approximate surface area is 130 Å². The van der Waals surface area contributed by atoms with Crippen molar-refractivity contribution in [2.75, 3.05) is 7.11 Å². The largest absolute Gasteiger partial charge is 0.481 e. The van der Waals surface area contributed by atoms with E-state index in [0.717, 1.165) is 22.5 Å². The zero-order valence-corrected chi connectivity index (χ0v) is 13.5. The standard InChI is InChI=1S/C17H22N2O3/c1-11(2)16-14(8-9-15(20)21)17(22-4)19(18-16)13-7-5-6-12(3)10-13/h5-7,10-11H,8-9H2,1-4H3,(H,20,21). The van der Waals surface area contributed by atoms with Gasteiger partial charge in [0.2, 0.25) is 5.88 Å². The normalized spacial score (nSPS) is 11.0. The molecule has 22 heavy (non-hydrogen) atoms. The lowest BCUT2D eigenvalue weighted by Gasteiger charge is -2.08. The Bertz CT molecular complexity index is 675. The number of rotatable bonds is 6. The van der Waals surface area contributed by atoms with Gasteiger partial charge in [-0.25, -0.2) is 4.68 Å². The van der Waals surface area contributed by atoms with E-state index in [2.05, 4.69) is 5.10 Å². The van der Waals surface area contributed by atoms with Crippen LogP contribution in [0.15, 0.2) is 24.3 Å².